The van der Waals surface area contributed by atoms with E-state index in [4.69, 9.17) is 9.47 Å². The van der Waals surface area contributed by atoms with E-state index in [1.165, 1.54) is 31.5 Å². The minimum absolute atomic E-state index is 0.419. The first kappa shape index (κ1) is 17.5. The quantitative estimate of drug-likeness (QED) is 0.911. The molecule has 1 N–H and O–H groups in total. The van der Waals surface area contributed by atoms with Crippen LogP contribution in [0.4, 0.5) is 0 Å². The average molecular weight is 345 g/mol. The molecule has 1 aliphatic carbocycles. The van der Waals surface area contributed by atoms with Gasteiger partial charge in [-0.1, -0.05) is 31.2 Å². The molecular formula is C21H31NO3. The van der Waals surface area contributed by atoms with Crippen molar-refractivity contribution < 1.29 is 14.6 Å². The summed E-state index contributed by atoms with van der Waals surface area (Å²) < 4.78 is 11.6. The summed E-state index contributed by atoms with van der Waals surface area (Å²) in [5.74, 6) is 0.452. The monoisotopic (exact) mass is 345 g/mol. The number of piperidine rings is 1. The maximum absolute atomic E-state index is 11.1. The highest BCUT2D eigenvalue weighted by Gasteiger charge is 2.46. The topological polar surface area (TPSA) is 41.9 Å². The molecule has 1 aromatic carbocycles. The number of nitrogens with zero attached hydrogens (tertiary/aromatic N) is 1. The fraction of sp³-hybridized carbons (Fsp3) is 0.714. The number of benzene rings is 1. The number of ether oxygens (including phenoxy) is 2. The molecule has 0 atom stereocenters. The van der Waals surface area contributed by atoms with Gasteiger partial charge in [0.05, 0.1) is 18.8 Å². The standard InChI is InChI=1S/C21H31NO3/c1-17-6-12-22(13-7-17)16-18-2-4-19(5-3-18)20(23)8-10-21(11-9-20)24-14-15-25-21/h2-5,17,23H,6-16H2,1H3. The molecule has 1 saturated carbocycles. The molecule has 2 heterocycles. The molecule has 4 heteroatoms. The second-order valence-electron chi connectivity index (χ2n) is 8.29. The molecule has 0 aromatic heterocycles. The Hall–Kier alpha value is -0.940. The lowest BCUT2D eigenvalue weighted by Gasteiger charge is -2.40. The molecule has 0 amide bonds. The van der Waals surface area contributed by atoms with Crippen LogP contribution in [-0.2, 0) is 21.6 Å². The summed E-state index contributed by atoms with van der Waals surface area (Å²) in [4.78, 5) is 2.54. The van der Waals surface area contributed by atoms with Crippen LogP contribution >= 0.6 is 0 Å². The van der Waals surface area contributed by atoms with Gasteiger partial charge in [0.2, 0.25) is 0 Å². The lowest BCUT2D eigenvalue weighted by Crippen LogP contribution is -2.42. The third kappa shape index (κ3) is 3.77. The van der Waals surface area contributed by atoms with Crippen molar-refractivity contribution in [2.45, 2.75) is 63.4 Å². The molecule has 0 bridgehead atoms. The van der Waals surface area contributed by atoms with Gasteiger partial charge < -0.3 is 14.6 Å². The van der Waals surface area contributed by atoms with Crippen LogP contribution < -0.4 is 0 Å². The Balaban J connectivity index is 1.36. The van der Waals surface area contributed by atoms with Gasteiger partial charge in [-0.05, 0) is 55.8 Å². The van der Waals surface area contributed by atoms with Crippen LogP contribution in [-0.4, -0.2) is 42.1 Å². The van der Waals surface area contributed by atoms with Crippen LogP contribution in [0.1, 0.15) is 56.6 Å². The maximum atomic E-state index is 11.1. The highest BCUT2D eigenvalue weighted by molar-refractivity contribution is 5.28. The SMILES string of the molecule is CC1CCN(Cc2ccc(C3(O)CCC4(CC3)OCCO4)cc2)CC1. The molecule has 3 aliphatic rings. The zero-order valence-electron chi connectivity index (χ0n) is 15.4. The minimum atomic E-state index is -0.736. The van der Waals surface area contributed by atoms with E-state index in [0.29, 0.717) is 26.1 Å². The van der Waals surface area contributed by atoms with E-state index in [9.17, 15) is 5.11 Å². The molecule has 4 nitrogen and oxygen atoms in total. The molecule has 2 aliphatic heterocycles. The summed E-state index contributed by atoms with van der Waals surface area (Å²) >= 11 is 0. The van der Waals surface area contributed by atoms with E-state index < -0.39 is 11.4 Å². The second kappa shape index (κ2) is 6.99. The molecule has 2 saturated heterocycles. The number of likely N-dealkylation sites (tertiary alicyclic amines) is 1. The molecule has 0 unspecified atom stereocenters. The van der Waals surface area contributed by atoms with Crippen LogP contribution in [0.3, 0.4) is 0 Å². The van der Waals surface area contributed by atoms with Crippen molar-refractivity contribution in [2.24, 2.45) is 5.92 Å². The predicted octanol–water partition coefficient (Wildman–Crippen LogP) is 3.42. The Morgan fingerprint density at radius 3 is 2.20 bits per heavy atom. The first-order valence-corrected chi connectivity index (χ1v) is 9.89. The first-order valence-electron chi connectivity index (χ1n) is 9.89. The zero-order chi connectivity index (χ0) is 17.3. The normalized spacial score (nSPS) is 27.0. The summed E-state index contributed by atoms with van der Waals surface area (Å²) in [6.45, 7) is 7.15. The van der Waals surface area contributed by atoms with Crippen molar-refractivity contribution in [1.82, 2.24) is 4.90 Å². The molecule has 138 valence electrons. The van der Waals surface area contributed by atoms with Gasteiger partial charge in [-0.3, -0.25) is 4.90 Å². The summed E-state index contributed by atoms with van der Waals surface area (Å²) in [6, 6.07) is 8.63. The van der Waals surface area contributed by atoms with Crippen LogP contribution in [0.15, 0.2) is 24.3 Å². The lowest BCUT2D eigenvalue weighted by atomic mass is 9.77. The molecular weight excluding hydrogens is 314 g/mol. The average Bonchev–Trinajstić information content (AvgIpc) is 3.09. The molecule has 1 aromatic rings. The summed E-state index contributed by atoms with van der Waals surface area (Å²) in [5.41, 5.74) is 1.65. The molecule has 3 fully saturated rings. The van der Waals surface area contributed by atoms with Crippen LogP contribution in [0.2, 0.25) is 0 Å². The van der Waals surface area contributed by atoms with Crippen LogP contribution in [0.25, 0.3) is 0 Å². The van der Waals surface area contributed by atoms with Gasteiger partial charge in [0.25, 0.3) is 0 Å². The highest BCUT2D eigenvalue weighted by atomic mass is 16.7. The van der Waals surface area contributed by atoms with E-state index in [2.05, 4.69) is 36.1 Å². The Labute approximate surface area is 151 Å². The Morgan fingerprint density at radius 1 is 1.00 bits per heavy atom. The Kier molecular flexibility index (Phi) is 4.89. The predicted molar refractivity (Wildman–Crippen MR) is 97.1 cm³/mol. The maximum Gasteiger partial charge on any atom is 0.168 e. The van der Waals surface area contributed by atoms with Crippen molar-refractivity contribution in [3.8, 4) is 0 Å². The van der Waals surface area contributed by atoms with Crippen LogP contribution in [0.5, 0.6) is 0 Å². The van der Waals surface area contributed by atoms with Crippen molar-refractivity contribution in [3.05, 3.63) is 35.4 Å². The van der Waals surface area contributed by atoms with E-state index >= 15 is 0 Å². The third-order valence-electron chi connectivity index (χ3n) is 6.43. The van der Waals surface area contributed by atoms with Gasteiger partial charge in [0.15, 0.2) is 5.79 Å². The third-order valence-corrected chi connectivity index (χ3v) is 6.43. The van der Waals surface area contributed by atoms with E-state index in [1.807, 2.05) is 0 Å². The van der Waals surface area contributed by atoms with Crippen LogP contribution in [0, 0.1) is 5.92 Å². The van der Waals surface area contributed by atoms with Crippen molar-refractivity contribution in [3.63, 3.8) is 0 Å². The lowest BCUT2D eigenvalue weighted by molar-refractivity contribution is -0.204. The first-order chi connectivity index (χ1) is 12.1. The number of hydrogen-bond donors (Lipinski definition) is 1. The smallest absolute Gasteiger partial charge is 0.168 e. The molecule has 0 radical (unpaired) electrons. The van der Waals surface area contributed by atoms with Gasteiger partial charge in [-0.15, -0.1) is 0 Å². The van der Waals surface area contributed by atoms with Gasteiger partial charge in [0, 0.05) is 19.4 Å². The van der Waals surface area contributed by atoms with E-state index in [-0.39, 0.29) is 0 Å². The largest absolute Gasteiger partial charge is 0.385 e. The molecule has 25 heavy (non-hydrogen) atoms. The van der Waals surface area contributed by atoms with E-state index in [0.717, 1.165) is 30.9 Å². The van der Waals surface area contributed by atoms with Crippen molar-refractivity contribution >= 4 is 0 Å². The molecule has 4 rings (SSSR count). The van der Waals surface area contributed by atoms with Gasteiger partial charge in [-0.25, -0.2) is 0 Å². The summed E-state index contributed by atoms with van der Waals surface area (Å²) in [6.07, 6.45) is 5.58. The Morgan fingerprint density at radius 2 is 1.60 bits per heavy atom. The summed E-state index contributed by atoms with van der Waals surface area (Å²) in [7, 11) is 0. The number of rotatable bonds is 3. The van der Waals surface area contributed by atoms with Gasteiger partial charge in [0.1, 0.15) is 0 Å². The summed E-state index contributed by atoms with van der Waals surface area (Å²) in [5, 5.41) is 11.1. The zero-order valence-corrected chi connectivity index (χ0v) is 15.4. The fourth-order valence-corrected chi connectivity index (χ4v) is 4.52. The molecule has 1 spiro atoms. The second-order valence-corrected chi connectivity index (χ2v) is 8.29. The Bertz CT molecular complexity index is 561. The van der Waals surface area contributed by atoms with Gasteiger partial charge >= 0.3 is 0 Å². The fourth-order valence-electron chi connectivity index (χ4n) is 4.52. The number of hydrogen-bond acceptors (Lipinski definition) is 4. The minimum Gasteiger partial charge on any atom is -0.385 e. The van der Waals surface area contributed by atoms with Gasteiger partial charge in [-0.2, -0.15) is 0 Å². The highest BCUT2D eigenvalue weighted by Crippen LogP contribution is 2.44. The van der Waals surface area contributed by atoms with E-state index in [1.54, 1.807) is 0 Å². The van der Waals surface area contributed by atoms with Crippen molar-refractivity contribution in [1.29, 1.82) is 0 Å². The number of aliphatic hydroxyl groups is 1. The van der Waals surface area contributed by atoms with Crippen molar-refractivity contribution in [2.75, 3.05) is 26.3 Å².